The molecule has 1 fully saturated rings. The van der Waals surface area contributed by atoms with Crippen LogP contribution in [0.5, 0.6) is 0 Å². The molecule has 1 aliphatic heterocycles. The Hall–Kier alpha value is -1.04. The monoisotopic (exact) mass is 255 g/mol. The van der Waals surface area contributed by atoms with Gasteiger partial charge in [-0.2, -0.15) is 16.7 Å². The number of amides is 1. The number of hydrogen-bond donors (Lipinski definition) is 0. The summed E-state index contributed by atoms with van der Waals surface area (Å²) in [6, 6.07) is 0. The molecule has 94 valence electrons. The van der Waals surface area contributed by atoms with Crippen molar-refractivity contribution in [2.75, 3.05) is 19.3 Å². The second kappa shape index (κ2) is 5.53. The van der Waals surface area contributed by atoms with E-state index in [4.69, 9.17) is 4.52 Å². The quantitative estimate of drug-likeness (QED) is 0.822. The van der Waals surface area contributed by atoms with Gasteiger partial charge in [0, 0.05) is 20.0 Å². The summed E-state index contributed by atoms with van der Waals surface area (Å²) in [5.41, 5.74) is 0. The fourth-order valence-corrected chi connectivity index (χ4v) is 2.46. The molecule has 5 nitrogen and oxygen atoms in total. The van der Waals surface area contributed by atoms with Gasteiger partial charge in [-0.3, -0.25) is 4.79 Å². The lowest BCUT2D eigenvalue weighted by Gasteiger charge is -2.29. The zero-order valence-corrected chi connectivity index (χ0v) is 11.0. The van der Waals surface area contributed by atoms with E-state index in [0.29, 0.717) is 12.4 Å². The van der Waals surface area contributed by atoms with E-state index in [1.165, 1.54) is 0 Å². The highest BCUT2D eigenvalue weighted by molar-refractivity contribution is 7.97. The van der Waals surface area contributed by atoms with Gasteiger partial charge in [-0.05, 0) is 19.1 Å². The predicted molar refractivity (Wildman–Crippen MR) is 65.7 cm³/mol. The molecular formula is C11H17N3O2S. The number of rotatable bonds is 3. The van der Waals surface area contributed by atoms with Gasteiger partial charge in [0.25, 0.3) is 0 Å². The number of carbonyl (C=O) groups excluding carboxylic acids is 1. The predicted octanol–water partition coefficient (Wildman–Crippen LogP) is 1.66. The first-order valence-electron chi connectivity index (χ1n) is 5.77. The van der Waals surface area contributed by atoms with Crippen molar-refractivity contribution >= 4 is 17.7 Å². The minimum Gasteiger partial charge on any atom is -0.342 e. The fourth-order valence-electron chi connectivity index (χ4n) is 2.09. The molecule has 0 aliphatic carbocycles. The van der Waals surface area contributed by atoms with Crippen molar-refractivity contribution in [1.29, 1.82) is 0 Å². The Morgan fingerprint density at radius 1 is 1.65 bits per heavy atom. The SMILES string of the molecule is CSCc1noc([C@H]2CCCN(C(C)=O)C2)n1. The number of hydrogen-bond acceptors (Lipinski definition) is 5. The van der Waals surface area contributed by atoms with Crippen LogP contribution in [0.25, 0.3) is 0 Å². The number of aromatic nitrogens is 2. The summed E-state index contributed by atoms with van der Waals surface area (Å²) in [5, 5.41) is 3.94. The molecule has 0 bridgehead atoms. The summed E-state index contributed by atoms with van der Waals surface area (Å²) in [6.45, 7) is 3.16. The first kappa shape index (κ1) is 12.4. The Labute approximate surface area is 105 Å². The van der Waals surface area contributed by atoms with Crippen LogP contribution in [0.15, 0.2) is 4.52 Å². The van der Waals surface area contributed by atoms with Crippen LogP contribution in [0.4, 0.5) is 0 Å². The van der Waals surface area contributed by atoms with Gasteiger partial charge in [-0.15, -0.1) is 0 Å². The Balaban J connectivity index is 2.02. The number of likely N-dealkylation sites (tertiary alicyclic amines) is 1. The van der Waals surface area contributed by atoms with Crippen molar-refractivity contribution in [3.8, 4) is 0 Å². The molecule has 0 saturated carbocycles. The second-order valence-electron chi connectivity index (χ2n) is 4.29. The molecule has 1 saturated heterocycles. The van der Waals surface area contributed by atoms with Crippen LogP contribution in [-0.2, 0) is 10.5 Å². The summed E-state index contributed by atoms with van der Waals surface area (Å²) in [5.74, 6) is 2.52. The minimum absolute atomic E-state index is 0.124. The molecule has 0 aromatic carbocycles. The van der Waals surface area contributed by atoms with E-state index in [0.717, 1.165) is 31.0 Å². The molecule has 0 radical (unpaired) electrons. The van der Waals surface area contributed by atoms with E-state index >= 15 is 0 Å². The Kier molecular flexibility index (Phi) is 4.04. The van der Waals surface area contributed by atoms with Gasteiger partial charge in [0.15, 0.2) is 5.82 Å². The Bertz CT molecular complexity index is 394. The van der Waals surface area contributed by atoms with Gasteiger partial charge in [0.1, 0.15) is 0 Å². The third kappa shape index (κ3) is 3.00. The summed E-state index contributed by atoms with van der Waals surface area (Å²) in [6.07, 6.45) is 4.03. The Morgan fingerprint density at radius 3 is 3.18 bits per heavy atom. The molecule has 0 unspecified atom stereocenters. The number of carbonyl (C=O) groups is 1. The van der Waals surface area contributed by atoms with Crippen LogP contribution < -0.4 is 0 Å². The van der Waals surface area contributed by atoms with E-state index in [1.54, 1.807) is 18.7 Å². The van der Waals surface area contributed by atoms with E-state index in [1.807, 2.05) is 11.2 Å². The fraction of sp³-hybridized carbons (Fsp3) is 0.727. The minimum atomic E-state index is 0.124. The van der Waals surface area contributed by atoms with Crippen LogP contribution in [0.1, 0.15) is 37.4 Å². The van der Waals surface area contributed by atoms with Crippen molar-refractivity contribution in [3.05, 3.63) is 11.7 Å². The number of thioether (sulfide) groups is 1. The summed E-state index contributed by atoms with van der Waals surface area (Å²) in [7, 11) is 0. The van der Waals surface area contributed by atoms with Gasteiger partial charge in [0.2, 0.25) is 11.8 Å². The van der Waals surface area contributed by atoms with Gasteiger partial charge in [-0.1, -0.05) is 5.16 Å². The van der Waals surface area contributed by atoms with Crippen LogP contribution in [0, 0.1) is 0 Å². The molecular weight excluding hydrogens is 238 g/mol. The van der Waals surface area contributed by atoms with E-state index < -0.39 is 0 Å². The average Bonchev–Trinajstić information content (AvgIpc) is 2.78. The lowest BCUT2D eigenvalue weighted by Crippen LogP contribution is -2.37. The molecule has 17 heavy (non-hydrogen) atoms. The smallest absolute Gasteiger partial charge is 0.231 e. The van der Waals surface area contributed by atoms with Crippen molar-refractivity contribution in [3.63, 3.8) is 0 Å². The van der Waals surface area contributed by atoms with Gasteiger partial charge < -0.3 is 9.42 Å². The summed E-state index contributed by atoms with van der Waals surface area (Å²) >= 11 is 1.67. The first-order valence-corrected chi connectivity index (χ1v) is 7.17. The maximum atomic E-state index is 11.3. The lowest BCUT2D eigenvalue weighted by molar-refractivity contribution is -0.130. The molecule has 0 spiro atoms. The zero-order valence-electron chi connectivity index (χ0n) is 10.2. The maximum absolute atomic E-state index is 11.3. The molecule has 6 heteroatoms. The number of nitrogens with zero attached hydrogens (tertiary/aromatic N) is 3. The summed E-state index contributed by atoms with van der Waals surface area (Å²) in [4.78, 5) is 17.6. The van der Waals surface area contributed by atoms with Crippen LogP contribution in [-0.4, -0.2) is 40.3 Å². The van der Waals surface area contributed by atoms with Crippen molar-refractivity contribution in [1.82, 2.24) is 15.0 Å². The standard InChI is InChI=1S/C11H17N3O2S/c1-8(15)14-5-3-4-9(6-14)11-12-10(7-17-2)13-16-11/h9H,3-7H2,1-2H3/t9-/m0/s1. The van der Waals surface area contributed by atoms with Crippen LogP contribution in [0.3, 0.4) is 0 Å². The van der Waals surface area contributed by atoms with Crippen LogP contribution >= 0.6 is 11.8 Å². The largest absolute Gasteiger partial charge is 0.342 e. The van der Waals surface area contributed by atoms with Crippen molar-refractivity contribution < 1.29 is 9.32 Å². The highest BCUT2D eigenvalue weighted by Gasteiger charge is 2.26. The third-order valence-electron chi connectivity index (χ3n) is 2.97. The molecule has 1 aliphatic rings. The zero-order chi connectivity index (χ0) is 12.3. The highest BCUT2D eigenvalue weighted by atomic mass is 32.2. The van der Waals surface area contributed by atoms with E-state index in [-0.39, 0.29) is 11.8 Å². The molecule has 2 heterocycles. The second-order valence-corrected chi connectivity index (χ2v) is 5.15. The van der Waals surface area contributed by atoms with E-state index in [9.17, 15) is 4.79 Å². The lowest BCUT2D eigenvalue weighted by atomic mass is 9.98. The summed E-state index contributed by atoms with van der Waals surface area (Å²) < 4.78 is 5.27. The average molecular weight is 255 g/mol. The molecule has 2 rings (SSSR count). The van der Waals surface area contributed by atoms with Crippen molar-refractivity contribution in [2.45, 2.75) is 31.4 Å². The first-order chi connectivity index (χ1) is 8.20. The number of piperidine rings is 1. The normalized spacial score (nSPS) is 20.6. The Morgan fingerprint density at radius 2 is 2.47 bits per heavy atom. The van der Waals surface area contributed by atoms with Gasteiger partial charge in [0.05, 0.1) is 11.7 Å². The third-order valence-corrected chi connectivity index (χ3v) is 3.52. The van der Waals surface area contributed by atoms with Crippen molar-refractivity contribution in [2.24, 2.45) is 0 Å². The topological polar surface area (TPSA) is 59.2 Å². The van der Waals surface area contributed by atoms with Gasteiger partial charge in [-0.25, -0.2) is 0 Å². The van der Waals surface area contributed by atoms with Gasteiger partial charge >= 0.3 is 0 Å². The molecule has 1 atom stereocenters. The molecule has 1 amide bonds. The van der Waals surface area contributed by atoms with Crippen LogP contribution in [0.2, 0.25) is 0 Å². The highest BCUT2D eigenvalue weighted by Crippen LogP contribution is 2.26. The molecule has 1 aromatic rings. The molecule has 0 N–H and O–H groups in total. The maximum Gasteiger partial charge on any atom is 0.231 e. The molecule has 1 aromatic heterocycles. The van der Waals surface area contributed by atoms with E-state index in [2.05, 4.69) is 10.1 Å².